The lowest BCUT2D eigenvalue weighted by molar-refractivity contribution is -0.137. The minimum atomic E-state index is -0.654. The lowest BCUT2D eigenvalue weighted by Gasteiger charge is -2.28. The Kier molecular flexibility index (Phi) is 6.12. The number of aliphatic hydroxyl groups is 1. The maximum Gasteiger partial charge on any atom is 0.260 e. The summed E-state index contributed by atoms with van der Waals surface area (Å²) in [5.74, 6) is 0.404. The van der Waals surface area contributed by atoms with E-state index in [1.54, 1.807) is 29.2 Å². The van der Waals surface area contributed by atoms with Crippen molar-refractivity contribution in [1.29, 1.82) is 0 Å². The first-order valence-corrected chi connectivity index (χ1v) is 7.88. The molecule has 1 aromatic rings. The van der Waals surface area contributed by atoms with E-state index in [1.807, 2.05) is 13.8 Å². The third kappa shape index (κ3) is 4.30. The van der Waals surface area contributed by atoms with Gasteiger partial charge in [-0.3, -0.25) is 9.59 Å². The average Bonchev–Trinajstić information content (AvgIpc) is 2.99. The molecule has 1 saturated heterocycles. The molecule has 0 bridgehead atoms. The van der Waals surface area contributed by atoms with Crippen LogP contribution in [0.3, 0.4) is 0 Å². The fraction of sp³-hybridized carbons (Fsp3) is 0.529. The van der Waals surface area contributed by atoms with Crippen LogP contribution >= 0.6 is 0 Å². The number of benzene rings is 1. The van der Waals surface area contributed by atoms with Crippen molar-refractivity contribution in [1.82, 2.24) is 4.90 Å². The van der Waals surface area contributed by atoms with Gasteiger partial charge in [-0.2, -0.15) is 0 Å². The smallest absolute Gasteiger partial charge is 0.260 e. The SMILES string of the molecule is CCC(=O)c1ccc(OCC(=O)N(CC)[C@@H]2COC[C@H]2O)cc1. The predicted molar refractivity (Wildman–Crippen MR) is 84.6 cm³/mol. The summed E-state index contributed by atoms with van der Waals surface area (Å²) in [5, 5.41) is 9.84. The molecule has 1 amide bonds. The Hall–Kier alpha value is -1.92. The first-order valence-electron chi connectivity index (χ1n) is 7.88. The molecule has 1 fully saturated rings. The second-order valence-electron chi connectivity index (χ2n) is 5.44. The Balaban J connectivity index is 1.91. The number of likely N-dealkylation sites (N-methyl/N-ethyl adjacent to an activating group) is 1. The summed E-state index contributed by atoms with van der Waals surface area (Å²) >= 11 is 0. The molecule has 126 valence electrons. The summed E-state index contributed by atoms with van der Waals surface area (Å²) in [6.45, 7) is 4.63. The van der Waals surface area contributed by atoms with E-state index in [-0.39, 0.29) is 30.9 Å². The number of hydrogen-bond donors (Lipinski definition) is 1. The number of nitrogens with zero attached hydrogens (tertiary/aromatic N) is 1. The molecule has 6 heteroatoms. The van der Waals surface area contributed by atoms with Gasteiger partial charge in [-0.1, -0.05) is 6.92 Å². The fourth-order valence-corrected chi connectivity index (χ4v) is 2.59. The van der Waals surface area contributed by atoms with Crippen molar-refractivity contribution in [3.05, 3.63) is 29.8 Å². The van der Waals surface area contributed by atoms with E-state index in [0.717, 1.165) is 0 Å². The lowest BCUT2D eigenvalue weighted by atomic mass is 10.1. The van der Waals surface area contributed by atoms with Crippen LogP contribution in [0.1, 0.15) is 30.6 Å². The van der Waals surface area contributed by atoms with E-state index >= 15 is 0 Å². The Morgan fingerprint density at radius 1 is 1.26 bits per heavy atom. The monoisotopic (exact) mass is 321 g/mol. The van der Waals surface area contributed by atoms with Crippen LogP contribution in [-0.4, -0.2) is 60.2 Å². The maximum atomic E-state index is 12.3. The first-order chi connectivity index (χ1) is 11.1. The van der Waals surface area contributed by atoms with E-state index in [9.17, 15) is 14.7 Å². The molecule has 2 atom stereocenters. The highest BCUT2D eigenvalue weighted by molar-refractivity contribution is 5.95. The van der Waals surface area contributed by atoms with E-state index < -0.39 is 6.10 Å². The van der Waals surface area contributed by atoms with Crippen molar-refractivity contribution < 1.29 is 24.2 Å². The second-order valence-corrected chi connectivity index (χ2v) is 5.44. The normalized spacial score (nSPS) is 20.3. The standard InChI is InChI=1S/C17H23NO5/c1-3-15(19)12-5-7-13(8-6-12)23-11-17(21)18(4-2)14-9-22-10-16(14)20/h5-8,14,16,20H,3-4,9-11H2,1-2H3/t14-,16-/m1/s1. The van der Waals surface area contributed by atoms with Gasteiger partial charge in [0.25, 0.3) is 5.91 Å². The zero-order valence-corrected chi connectivity index (χ0v) is 13.5. The van der Waals surface area contributed by atoms with Crippen LogP contribution in [0.5, 0.6) is 5.75 Å². The second kappa shape index (κ2) is 8.08. The number of carbonyl (C=O) groups excluding carboxylic acids is 2. The van der Waals surface area contributed by atoms with Crippen LogP contribution in [0.2, 0.25) is 0 Å². The van der Waals surface area contributed by atoms with E-state index in [0.29, 0.717) is 30.9 Å². The van der Waals surface area contributed by atoms with Gasteiger partial charge in [-0.25, -0.2) is 0 Å². The Morgan fingerprint density at radius 2 is 1.96 bits per heavy atom. The quantitative estimate of drug-likeness (QED) is 0.765. The molecule has 1 aliphatic heterocycles. The molecule has 1 N–H and O–H groups in total. The van der Waals surface area contributed by atoms with Crippen molar-refractivity contribution in [2.24, 2.45) is 0 Å². The van der Waals surface area contributed by atoms with Gasteiger partial charge in [0.1, 0.15) is 5.75 Å². The molecule has 1 aliphatic rings. The Morgan fingerprint density at radius 3 is 2.48 bits per heavy atom. The Labute approximate surface area is 136 Å². The van der Waals surface area contributed by atoms with Crippen LogP contribution in [-0.2, 0) is 9.53 Å². The molecular formula is C17H23NO5. The highest BCUT2D eigenvalue weighted by Gasteiger charge is 2.33. The van der Waals surface area contributed by atoms with Gasteiger partial charge < -0.3 is 19.5 Å². The fourth-order valence-electron chi connectivity index (χ4n) is 2.59. The number of ether oxygens (including phenoxy) is 2. The van der Waals surface area contributed by atoms with Crippen LogP contribution in [0, 0.1) is 0 Å². The summed E-state index contributed by atoms with van der Waals surface area (Å²) in [6.07, 6.45) is -0.200. The third-order valence-corrected chi connectivity index (χ3v) is 3.94. The number of Topliss-reactive ketones (excluding diaryl/α,β-unsaturated/α-hetero) is 1. The number of rotatable bonds is 7. The maximum absolute atomic E-state index is 12.3. The van der Waals surface area contributed by atoms with Crippen LogP contribution < -0.4 is 4.74 Å². The molecule has 23 heavy (non-hydrogen) atoms. The van der Waals surface area contributed by atoms with Gasteiger partial charge in [0.15, 0.2) is 12.4 Å². The number of amides is 1. The molecule has 2 rings (SSSR count). The first kappa shape index (κ1) is 17.4. The highest BCUT2D eigenvalue weighted by atomic mass is 16.5. The van der Waals surface area contributed by atoms with Crippen molar-refractivity contribution in [3.8, 4) is 5.75 Å². The summed E-state index contributed by atoms with van der Waals surface area (Å²) < 4.78 is 10.7. The van der Waals surface area contributed by atoms with E-state index in [1.165, 1.54) is 0 Å². The number of carbonyl (C=O) groups is 2. The van der Waals surface area contributed by atoms with Crippen molar-refractivity contribution in [2.45, 2.75) is 32.4 Å². The molecule has 0 unspecified atom stereocenters. The average molecular weight is 321 g/mol. The van der Waals surface area contributed by atoms with Crippen LogP contribution in [0.4, 0.5) is 0 Å². The highest BCUT2D eigenvalue weighted by Crippen LogP contribution is 2.16. The summed E-state index contributed by atoms with van der Waals surface area (Å²) in [4.78, 5) is 25.4. The molecule has 0 saturated carbocycles. The minimum absolute atomic E-state index is 0.0694. The molecule has 0 aliphatic carbocycles. The summed E-state index contributed by atoms with van der Waals surface area (Å²) in [5.41, 5.74) is 0.632. The van der Waals surface area contributed by atoms with Crippen LogP contribution in [0.25, 0.3) is 0 Å². The van der Waals surface area contributed by atoms with Crippen molar-refractivity contribution >= 4 is 11.7 Å². The molecule has 0 aromatic heterocycles. The molecule has 0 radical (unpaired) electrons. The molecular weight excluding hydrogens is 298 g/mol. The van der Waals surface area contributed by atoms with Crippen molar-refractivity contribution in [2.75, 3.05) is 26.4 Å². The Bertz CT molecular complexity index is 542. The minimum Gasteiger partial charge on any atom is -0.484 e. The van der Waals surface area contributed by atoms with Gasteiger partial charge in [0, 0.05) is 18.5 Å². The summed E-state index contributed by atoms with van der Waals surface area (Å²) in [7, 11) is 0. The van der Waals surface area contributed by atoms with Gasteiger partial charge in [0.2, 0.25) is 0 Å². The van der Waals surface area contributed by atoms with Gasteiger partial charge in [-0.15, -0.1) is 0 Å². The van der Waals surface area contributed by atoms with Gasteiger partial charge in [-0.05, 0) is 31.2 Å². The predicted octanol–water partition coefficient (Wildman–Crippen LogP) is 1.27. The van der Waals surface area contributed by atoms with Crippen molar-refractivity contribution in [3.63, 3.8) is 0 Å². The molecule has 0 spiro atoms. The molecule has 1 aromatic carbocycles. The van der Waals surface area contributed by atoms with E-state index in [4.69, 9.17) is 9.47 Å². The third-order valence-electron chi connectivity index (χ3n) is 3.94. The zero-order chi connectivity index (χ0) is 16.8. The van der Waals surface area contributed by atoms with Crippen LogP contribution in [0.15, 0.2) is 24.3 Å². The largest absolute Gasteiger partial charge is 0.484 e. The zero-order valence-electron chi connectivity index (χ0n) is 13.5. The number of hydrogen-bond acceptors (Lipinski definition) is 5. The van der Waals surface area contributed by atoms with Gasteiger partial charge >= 0.3 is 0 Å². The number of ketones is 1. The summed E-state index contributed by atoms with van der Waals surface area (Å²) in [6, 6.07) is 6.43. The number of aliphatic hydroxyl groups excluding tert-OH is 1. The van der Waals surface area contributed by atoms with E-state index in [2.05, 4.69) is 0 Å². The van der Waals surface area contributed by atoms with Gasteiger partial charge in [0.05, 0.1) is 25.4 Å². The molecule has 1 heterocycles. The molecule has 6 nitrogen and oxygen atoms in total. The lowest BCUT2D eigenvalue weighted by Crippen LogP contribution is -2.48. The topological polar surface area (TPSA) is 76.1 Å².